The Morgan fingerprint density at radius 1 is 1.03 bits per heavy atom. The Morgan fingerprint density at radius 3 is 2.50 bits per heavy atom. The molecule has 3 heterocycles. The molecular weight excluding hydrogens is 410 g/mol. The Hall–Kier alpha value is -2.91. The van der Waals surface area contributed by atoms with Crippen LogP contribution in [-0.2, 0) is 9.47 Å². The van der Waals surface area contributed by atoms with Gasteiger partial charge in [-0.1, -0.05) is 12.8 Å². The summed E-state index contributed by atoms with van der Waals surface area (Å²) in [5, 5.41) is 9.19. The number of nitrogens with one attached hydrogen (secondary N) is 3. The first-order valence-electron chi connectivity index (χ1n) is 11.2. The zero-order valence-corrected chi connectivity index (χ0v) is 18.1. The van der Waals surface area contributed by atoms with Crippen LogP contribution < -0.4 is 20.7 Å². The van der Waals surface area contributed by atoms with E-state index in [1.54, 1.807) is 31.4 Å². The van der Waals surface area contributed by atoms with E-state index < -0.39 is 0 Å². The summed E-state index contributed by atoms with van der Waals surface area (Å²) >= 11 is 0. The van der Waals surface area contributed by atoms with Gasteiger partial charge < -0.3 is 30.2 Å². The van der Waals surface area contributed by atoms with Crippen LogP contribution in [0, 0.1) is 0 Å². The van der Waals surface area contributed by atoms with Crippen molar-refractivity contribution in [2.24, 2.45) is 0 Å². The lowest BCUT2D eigenvalue weighted by molar-refractivity contribution is 0.0683. The number of carbonyl (C=O) groups excluding carboxylic acids is 1. The number of ether oxygens (including phenoxy) is 3. The van der Waals surface area contributed by atoms with Crippen LogP contribution in [0.2, 0.25) is 0 Å². The van der Waals surface area contributed by atoms with Gasteiger partial charge in [-0.2, -0.15) is 0 Å². The van der Waals surface area contributed by atoms with E-state index in [-0.39, 0.29) is 30.3 Å². The molecule has 1 aliphatic carbocycles. The van der Waals surface area contributed by atoms with E-state index in [9.17, 15) is 4.79 Å². The zero-order chi connectivity index (χ0) is 21.9. The first-order chi connectivity index (χ1) is 15.7. The molecule has 1 aromatic heterocycles. The van der Waals surface area contributed by atoms with Crippen molar-refractivity contribution in [3.8, 4) is 5.75 Å². The molecule has 2 aromatic rings. The van der Waals surface area contributed by atoms with E-state index in [1.807, 2.05) is 12.3 Å². The van der Waals surface area contributed by atoms with E-state index in [0.717, 1.165) is 11.4 Å². The number of amides is 2. The fourth-order valence-corrected chi connectivity index (χ4v) is 4.81. The Morgan fingerprint density at radius 2 is 1.75 bits per heavy atom. The standard InChI is InChI=1S/C23H29N5O4/c1-30-16-8-6-15(7-9-16)25-23(29)28-19-13-32-20-18(12-31-21(19)20)27-22-24-11-10-17(26-22)14-4-2-3-5-14/h6-11,14,18-21H,2-5,12-13H2,1H3,(H,24,26,27)(H2,25,28,29)/t18-,19-,20+,21+/m0/s1. The van der Waals surface area contributed by atoms with Gasteiger partial charge in [-0.15, -0.1) is 0 Å². The van der Waals surface area contributed by atoms with Gasteiger partial charge in [0, 0.05) is 23.5 Å². The van der Waals surface area contributed by atoms with Gasteiger partial charge in [0.05, 0.1) is 32.4 Å². The SMILES string of the molecule is COc1ccc(NC(=O)N[C@H]2CO[C@H]3[C@@H]2OC[C@@H]3Nc2nccc(C3CCCC3)n2)cc1. The predicted molar refractivity (Wildman–Crippen MR) is 119 cm³/mol. The van der Waals surface area contributed by atoms with Crippen molar-refractivity contribution in [3.63, 3.8) is 0 Å². The van der Waals surface area contributed by atoms with Crippen LogP contribution in [0.5, 0.6) is 5.75 Å². The van der Waals surface area contributed by atoms with Crippen LogP contribution in [0.1, 0.15) is 37.3 Å². The quantitative estimate of drug-likeness (QED) is 0.635. The monoisotopic (exact) mass is 439 g/mol. The first-order valence-corrected chi connectivity index (χ1v) is 11.2. The minimum atomic E-state index is -0.294. The Labute approximate surface area is 187 Å². The molecule has 1 saturated carbocycles. The molecule has 170 valence electrons. The van der Waals surface area contributed by atoms with E-state index in [0.29, 0.717) is 30.8 Å². The normalized spacial score (nSPS) is 27.2. The molecule has 0 bridgehead atoms. The smallest absolute Gasteiger partial charge is 0.319 e. The van der Waals surface area contributed by atoms with Gasteiger partial charge in [-0.25, -0.2) is 14.8 Å². The van der Waals surface area contributed by atoms with E-state index in [1.165, 1.54) is 25.7 Å². The number of benzene rings is 1. The highest BCUT2D eigenvalue weighted by atomic mass is 16.6. The maximum atomic E-state index is 12.4. The molecule has 3 N–H and O–H groups in total. The lowest BCUT2D eigenvalue weighted by Crippen LogP contribution is -2.46. The Kier molecular flexibility index (Phi) is 6.09. The maximum absolute atomic E-state index is 12.4. The number of fused-ring (bicyclic) bond motifs is 1. The van der Waals surface area contributed by atoms with Crippen LogP contribution in [0.4, 0.5) is 16.4 Å². The van der Waals surface area contributed by atoms with Crippen molar-refractivity contribution < 1.29 is 19.0 Å². The third-order valence-electron chi connectivity index (χ3n) is 6.48. The average molecular weight is 440 g/mol. The van der Waals surface area contributed by atoms with E-state index >= 15 is 0 Å². The molecule has 0 spiro atoms. The first kappa shape index (κ1) is 21.0. The molecule has 5 rings (SSSR count). The van der Waals surface area contributed by atoms with Gasteiger partial charge in [0.2, 0.25) is 5.95 Å². The number of hydrogen-bond acceptors (Lipinski definition) is 7. The highest BCUT2D eigenvalue weighted by Gasteiger charge is 2.48. The molecular formula is C23H29N5O4. The molecule has 32 heavy (non-hydrogen) atoms. The van der Waals surface area contributed by atoms with Gasteiger partial charge in [0.25, 0.3) is 0 Å². The second-order valence-electron chi connectivity index (χ2n) is 8.57. The third kappa shape index (κ3) is 4.49. The Balaban J connectivity index is 1.16. The number of nitrogens with zero attached hydrogens (tertiary/aromatic N) is 2. The lowest BCUT2D eigenvalue weighted by Gasteiger charge is -2.19. The molecule has 0 radical (unpaired) electrons. The summed E-state index contributed by atoms with van der Waals surface area (Å²) in [6, 6.07) is 8.61. The molecule has 2 aliphatic heterocycles. The molecule has 2 saturated heterocycles. The van der Waals surface area contributed by atoms with Crippen molar-refractivity contribution in [1.82, 2.24) is 15.3 Å². The fourth-order valence-electron chi connectivity index (χ4n) is 4.81. The second kappa shape index (κ2) is 9.30. The minimum absolute atomic E-state index is 0.0599. The van der Waals surface area contributed by atoms with Gasteiger partial charge >= 0.3 is 6.03 Å². The van der Waals surface area contributed by atoms with Crippen molar-refractivity contribution in [2.45, 2.75) is 55.9 Å². The minimum Gasteiger partial charge on any atom is -0.497 e. The third-order valence-corrected chi connectivity index (χ3v) is 6.48. The summed E-state index contributed by atoms with van der Waals surface area (Å²) in [5.74, 6) is 1.88. The number of anilines is 2. The van der Waals surface area contributed by atoms with Crippen molar-refractivity contribution in [3.05, 3.63) is 42.2 Å². The van der Waals surface area contributed by atoms with Crippen molar-refractivity contribution in [1.29, 1.82) is 0 Å². The summed E-state index contributed by atoms with van der Waals surface area (Å²) in [7, 11) is 1.61. The lowest BCUT2D eigenvalue weighted by atomic mass is 10.0. The van der Waals surface area contributed by atoms with E-state index in [2.05, 4.69) is 20.9 Å². The van der Waals surface area contributed by atoms with Gasteiger partial charge in [-0.3, -0.25) is 0 Å². The van der Waals surface area contributed by atoms with Crippen molar-refractivity contribution in [2.75, 3.05) is 31.0 Å². The highest BCUT2D eigenvalue weighted by molar-refractivity contribution is 5.89. The summed E-state index contributed by atoms with van der Waals surface area (Å²) in [6.45, 7) is 0.872. The zero-order valence-electron chi connectivity index (χ0n) is 18.1. The largest absolute Gasteiger partial charge is 0.497 e. The van der Waals surface area contributed by atoms with Gasteiger partial charge in [0.15, 0.2) is 0 Å². The van der Waals surface area contributed by atoms with Gasteiger partial charge in [0.1, 0.15) is 18.0 Å². The number of hydrogen-bond donors (Lipinski definition) is 3. The average Bonchev–Trinajstić information content (AvgIpc) is 3.55. The predicted octanol–water partition coefficient (Wildman–Crippen LogP) is 2.91. The molecule has 3 fully saturated rings. The molecule has 2 amide bonds. The molecule has 1 aromatic carbocycles. The van der Waals surface area contributed by atoms with E-state index in [4.69, 9.17) is 19.2 Å². The fraction of sp³-hybridized carbons (Fsp3) is 0.522. The molecule has 9 nitrogen and oxygen atoms in total. The van der Waals surface area contributed by atoms with Crippen LogP contribution >= 0.6 is 0 Å². The summed E-state index contributed by atoms with van der Waals surface area (Å²) in [6.07, 6.45) is 6.37. The summed E-state index contributed by atoms with van der Waals surface area (Å²) in [4.78, 5) is 21.6. The Bertz CT molecular complexity index is 934. The van der Waals surface area contributed by atoms with Crippen LogP contribution in [0.25, 0.3) is 0 Å². The second-order valence-corrected chi connectivity index (χ2v) is 8.57. The van der Waals surface area contributed by atoms with Crippen LogP contribution in [0.3, 0.4) is 0 Å². The number of methoxy groups -OCH3 is 1. The summed E-state index contributed by atoms with van der Waals surface area (Å²) < 4.78 is 17.1. The molecule has 0 unspecified atom stereocenters. The topological polar surface area (TPSA) is 107 Å². The highest BCUT2D eigenvalue weighted by Crippen LogP contribution is 2.33. The maximum Gasteiger partial charge on any atom is 0.319 e. The van der Waals surface area contributed by atoms with Gasteiger partial charge in [-0.05, 0) is 43.2 Å². The summed E-state index contributed by atoms with van der Waals surface area (Å²) in [5.41, 5.74) is 1.79. The molecule has 4 atom stereocenters. The molecule has 9 heteroatoms. The number of carbonyl (C=O) groups is 1. The number of aromatic nitrogens is 2. The number of rotatable bonds is 6. The van der Waals surface area contributed by atoms with Crippen LogP contribution in [-0.4, -0.2) is 60.6 Å². The number of urea groups is 1. The van der Waals surface area contributed by atoms with Crippen molar-refractivity contribution >= 4 is 17.7 Å². The molecule has 3 aliphatic rings. The van der Waals surface area contributed by atoms with Crippen LogP contribution in [0.15, 0.2) is 36.5 Å².